The summed E-state index contributed by atoms with van der Waals surface area (Å²) >= 11 is 0. The van der Waals surface area contributed by atoms with Gasteiger partial charge in [-0.25, -0.2) is 0 Å². The van der Waals surface area contributed by atoms with E-state index < -0.39 is 0 Å². The molecule has 0 aliphatic heterocycles. The van der Waals surface area contributed by atoms with E-state index >= 15 is 0 Å². The molecule has 0 aliphatic carbocycles. The lowest BCUT2D eigenvalue weighted by molar-refractivity contribution is 0.340. The first kappa shape index (κ1) is 18.4. The highest BCUT2D eigenvalue weighted by molar-refractivity contribution is 5.96. The van der Waals surface area contributed by atoms with E-state index in [1.165, 1.54) is 0 Å². The van der Waals surface area contributed by atoms with Crippen molar-refractivity contribution in [2.45, 2.75) is 6.92 Å². The van der Waals surface area contributed by atoms with Crippen molar-refractivity contribution >= 4 is 34.7 Å². The molecule has 3 aromatic rings. The van der Waals surface area contributed by atoms with Crippen molar-refractivity contribution in [2.75, 3.05) is 19.0 Å². The second-order valence-corrected chi connectivity index (χ2v) is 5.12. The van der Waals surface area contributed by atoms with Crippen LogP contribution in [-0.4, -0.2) is 18.7 Å². The number of aromatic nitrogens is 1. The smallest absolute Gasteiger partial charge is 0.121 e. The maximum absolute atomic E-state index is 9.40. The van der Waals surface area contributed by atoms with Crippen LogP contribution in [-0.2, 0) is 0 Å². The molecular formula is C19H18ClN3O2. The van der Waals surface area contributed by atoms with E-state index in [1.54, 1.807) is 13.3 Å². The summed E-state index contributed by atoms with van der Waals surface area (Å²) in [4.78, 5) is 4.34. The molecule has 0 aliphatic rings. The number of benzene rings is 2. The van der Waals surface area contributed by atoms with Gasteiger partial charge in [-0.05, 0) is 43.3 Å². The van der Waals surface area contributed by atoms with Gasteiger partial charge in [0.05, 0.1) is 30.5 Å². The van der Waals surface area contributed by atoms with Gasteiger partial charge in [-0.15, -0.1) is 12.4 Å². The minimum atomic E-state index is 0. The summed E-state index contributed by atoms with van der Waals surface area (Å²) in [7, 11) is 1.61. The molecule has 128 valence electrons. The van der Waals surface area contributed by atoms with Gasteiger partial charge in [-0.2, -0.15) is 5.26 Å². The molecule has 0 bridgehead atoms. The van der Waals surface area contributed by atoms with Gasteiger partial charge < -0.3 is 14.8 Å². The average molecular weight is 356 g/mol. The van der Waals surface area contributed by atoms with Crippen molar-refractivity contribution < 1.29 is 9.47 Å². The van der Waals surface area contributed by atoms with Crippen molar-refractivity contribution in [3.8, 4) is 17.6 Å². The van der Waals surface area contributed by atoms with E-state index in [4.69, 9.17) is 9.47 Å². The number of nitriles is 1. The van der Waals surface area contributed by atoms with E-state index in [1.807, 2.05) is 49.4 Å². The molecule has 3 rings (SSSR count). The third-order valence-electron chi connectivity index (χ3n) is 3.63. The first-order chi connectivity index (χ1) is 11.7. The maximum Gasteiger partial charge on any atom is 0.121 e. The number of hydrogen-bond acceptors (Lipinski definition) is 5. The molecule has 0 saturated heterocycles. The molecule has 1 aromatic heterocycles. The van der Waals surface area contributed by atoms with Gasteiger partial charge >= 0.3 is 0 Å². The Morgan fingerprint density at radius 1 is 1.12 bits per heavy atom. The second-order valence-electron chi connectivity index (χ2n) is 5.12. The topological polar surface area (TPSA) is 67.2 Å². The molecule has 0 atom stereocenters. The highest BCUT2D eigenvalue weighted by atomic mass is 35.5. The largest absolute Gasteiger partial charge is 0.497 e. The van der Waals surface area contributed by atoms with Gasteiger partial charge in [0.1, 0.15) is 17.6 Å². The lowest BCUT2D eigenvalue weighted by Gasteiger charge is -2.12. The van der Waals surface area contributed by atoms with Crippen LogP contribution in [0.2, 0.25) is 0 Å². The van der Waals surface area contributed by atoms with E-state index in [0.29, 0.717) is 12.2 Å². The van der Waals surface area contributed by atoms with Gasteiger partial charge in [-0.1, -0.05) is 0 Å². The third kappa shape index (κ3) is 3.93. The molecule has 25 heavy (non-hydrogen) atoms. The van der Waals surface area contributed by atoms with E-state index in [2.05, 4.69) is 16.4 Å². The molecule has 1 heterocycles. The van der Waals surface area contributed by atoms with E-state index in [9.17, 15) is 5.26 Å². The van der Waals surface area contributed by atoms with Crippen LogP contribution in [0.1, 0.15) is 12.5 Å². The summed E-state index contributed by atoms with van der Waals surface area (Å²) in [5.41, 5.74) is 2.86. The van der Waals surface area contributed by atoms with E-state index in [-0.39, 0.29) is 12.4 Å². The van der Waals surface area contributed by atoms with Crippen LogP contribution in [0.3, 0.4) is 0 Å². The second kappa shape index (κ2) is 8.22. The SMILES string of the molecule is CCOc1ccc(Nc2c(C#N)cnc3cc(OC)ccc23)cc1.Cl. The highest BCUT2D eigenvalue weighted by Crippen LogP contribution is 2.31. The first-order valence-corrected chi connectivity index (χ1v) is 7.62. The van der Waals surface area contributed by atoms with Crippen LogP contribution >= 0.6 is 12.4 Å². The highest BCUT2D eigenvalue weighted by Gasteiger charge is 2.10. The van der Waals surface area contributed by atoms with Gasteiger partial charge in [-0.3, -0.25) is 4.98 Å². The summed E-state index contributed by atoms with van der Waals surface area (Å²) in [5.74, 6) is 1.54. The number of halogens is 1. The minimum absolute atomic E-state index is 0. The molecule has 5 nitrogen and oxygen atoms in total. The van der Waals surface area contributed by atoms with Crippen LogP contribution in [0.5, 0.6) is 11.5 Å². The summed E-state index contributed by atoms with van der Waals surface area (Å²) in [6.45, 7) is 2.57. The Morgan fingerprint density at radius 3 is 2.48 bits per heavy atom. The Bertz CT molecular complexity index is 905. The monoisotopic (exact) mass is 355 g/mol. The summed E-state index contributed by atoms with van der Waals surface area (Å²) in [6.07, 6.45) is 1.57. The van der Waals surface area contributed by atoms with Crippen molar-refractivity contribution in [3.63, 3.8) is 0 Å². The number of nitrogens with one attached hydrogen (secondary N) is 1. The molecule has 6 heteroatoms. The molecule has 1 N–H and O–H groups in total. The summed E-state index contributed by atoms with van der Waals surface area (Å²) < 4.78 is 10.7. The predicted octanol–water partition coefficient (Wildman–Crippen LogP) is 4.68. The lowest BCUT2D eigenvalue weighted by Crippen LogP contribution is -1.97. The Morgan fingerprint density at radius 2 is 1.84 bits per heavy atom. The summed E-state index contributed by atoms with van der Waals surface area (Å²) in [5, 5.41) is 13.6. The van der Waals surface area contributed by atoms with Crippen LogP contribution < -0.4 is 14.8 Å². The number of methoxy groups -OCH3 is 1. The zero-order chi connectivity index (χ0) is 16.9. The fourth-order valence-electron chi connectivity index (χ4n) is 2.47. The Hall–Kier alpha value is -2.97. The van der Waals surface area contributed by atoms with Crippen LogP contribution in [0, 0.1) is 11.3 Å². The van der Waals surface area contributed by atoms with Gasteiger partial charge in [0.2, 0.25) is 0 Å². The number of anilines is 2. The fourth-order valence-corrected chi connectivity index (χ4v) is 2.47. The van der Waals surface area contributed by atoms with Crippen molar-refractivity contribution in [3.05, 3.63) is 54.2 Å². The Kier molecular flexibility index (Phi) is 6.04. The number of ether oxygens (including phenoxy) is 2. The molecule has 0 spiro atoms. The predicted molar refractivity (Wildman–Crippen MR) is 101 cm³/mol. The van der Waals surface area contributed by atoms with Crippen molar-refractivity contribution in [1.29, 1.82) is 5.26 Å². The summed E-state index contributed by atoms with van der Waals surface area (Å²) in [6, 6.07) is 15.4. The third-order valence-corrected chi connectivity index (χ3v) is 3.63. The Labute approximate surface area is 152 Å². The molecular weight excluding hydrogens is 338 g/mol. The number of fused-ring (bicyclic) bond motifs is 1. The Balaban J connectivity index is 0.00000225. The molecule has 0 fully saturated rings. The van der Waals surface area contributed by atoms with Gasteiger partial charge in [0, 0.05) is 23.3 Å². The molecule has 2 aromatic carbocycles. The van der Waals surface area contributed by atoms with Gasteiger partial charge in [0.25, 0.3) is 0 Å². The number of hydrogen-bond donors (Lipinski definition) is 1. The zero-order valence-corrected chi connectivity index (χ0v) is 14.8. The lowest BCUT2D eigenvalue weighted by atomic mass is 10.1. The molecule has 0 saturated carbocycles. The van der Waals surface area contributed by atoms with Crippen molar-refractivity contribution in [2.24, 2.45) is 0 Å². The standard InChI is InChI=1S/C19H17N3O2.ClH/c1-3-24-15-6-4-14(5-7-15)22-19-13(11-20)12-21-18-10-16(23-2)8-9-17(18)19;/h4-10,12H,3H2,1-2H3,(H,21,22);1H. The molecule has 0 unspecified atom stereocenters. The number of rotatable bonds is 5. The molecule has 0 radical (unpaired) electrons. The normalized spacial score (nSPS) is 9.80. The van der Waals surface area contributed by atoms with Crippen molar-refractivity contribution in [1.82, 2.24) is 4.98 Å². The molecule has 0 amide bonds. The maximum atomic E-state index is 9.40. The zero-order valence-electron chi connectivity index (χ0n) is 13.9. The van der Waals surface area contributed by atoms with Gasteiger partial charge in [0.15, 0.2) is 0 Å². The number of pyridine rings is 1. The quantitative estimate of drug-likeness (QED) is 0.719. The fraction of sp³-hybridized carbons (Fsp3) is 0.158. The van der Waals surface area contributed by atoms with Crippen LogP contribution in [0.4, 0.5) is 11.4 Å². The van der Waals surface area contributed by atoms with E-state index in [0.717, 1.165) is 33.8 Å². The van der Waals surface area contributed by atoms with Crippen LogP contribution in [0.25, 0.3) is 10.9 Å². The average Bonchev–Trinajstić information content (AvgIpc) is 2.63. The van der Waals surface area contributed by atoms with Crippen LogP contribution in [0.15, 0.2) is 48.7 Å². The number of nitrogens with zero attached hydrogens (tertiary/aromatic N) is 2. The minimum Gasteiger partial charge on any atom is -0.497 e. The first-order valence-electron chi connectivity index (χ1n) is 7.62.